The molecule has 2 rings (SSSR count). The topological polar surface area (TPSA) is 82.3 Å². The van der Waals surface area contributed by atoms with Gasteiger partial charge in [-0.2, -0.15) is 0 Å². The van der Waals surface area contributed by atoms with Crippen LogP contribution >= 0.6 is 11.8 Å². The molecular weight excluding hydrogens is 259 g/mol. The fourth-order valence-corrected chi connectivity index (χ4v) is 2.11. The number of nitrogens with zero attached hydrogens (tertiary/aromatic N) is 1. The third kappa shape index (κ3) is 2.80. The molecule has 7 heteroatoms. The first-order valence-corrected chi connectivity index (χ1v) is 5.96. The van der Waals surface area contributed by atoms with E-state index in [1.807, 2.05) is 0 Å². The Morgan fingerprint density at radius 1 is 1.39 bits per heavy atom. The zero-order valence-electron chi connectivity index (χ0n) is 9.13. The lowest BCUT2D eigenvalue weighted by atomic mass is 10.3. The van der Waals surface area contributed by atoms with Crippen LogP contribution in [0.3, 0.4) is 0 Å². The average Bonchev–Trinajstić information content (AvgIpc) is 2.79. The molecule has 0 fully saturated rings. The number of halogens is 1. The fourth-order valence-electron chi connectivity index (χ4n) is 1.29. The summed E-state index contributed by atoms with van der Waals surface area (Å²) in [6.45, 7) is 0. The number of furan rings is 1. The number of nitrogens with two attached hydrogens (primary N) is 1. The Labute approximate surface area is 106 Å². The Morgan fingerprint density at radius 2 is 2.17 bits per heavy atom. The maximum absolute atomic E-state index is 13.2. The Kier molecular flexibility index (Phi) is 3.52. The predicted molar refractivity (Wildman–Crippen MR) is 65.7 cm³/mol. The molecule has 0 unspecified atom stereocenters. The van der Waals surface area contributed by atoms with E-state index < -0.39 is 10.7 Å². The number of hydrogen-bond acceptors (Lipinski definition) is 5. The largest absolute Gasteiger partial charge is 0.433 e. The minimum absolute atomic E-state index is 0.0907. The van der Waals surface area contributed by atoms with E-state index in [1.54, 1.807) is 6.07 Å². The molecule has 2 N–H and O–H groups in total. The minimum Gasteiger partial charge on any atom is -0.405 e. The molecule has 0 radical (unpaired) electrons. The van der Waals surface area contributed by atoms with E-state index in [0.717, 1.165) is 0 Å². The predicted octanol–water partition coefficient (Wildman–Crippen LogP) is 3.20. The van der Waals surface area contributed by atoms with Crippen molar-refractivity contribution in [2.24, 2.45) is 0 Å². The van der Waals surface area contributed by atoms with Crippen LogP contribution in [0.2, 0.25) is 0 Å². The van der Waals surface area contributed by atoms with E-state index in [9.17, 15) is 14.5 Å². The van der Waals surface area contributed by atoms with Gasteiger partial charge in [0.25, 0.3) is 0 Å². The van der Waals surface area contributed by atoms with E-state index >= 15 is 0 Å². The molecule has 0 saturated carbocycles. The lowest BCUT2D eigenvalue weighted by molar-refractivity contribution is -0.402. The summed E-state index contributed by atoms with van der Waals surface area (Å²) in [6, 6.07) is 7.29. The molecule has 0 bridgehead atoms. The molecule has 0 aliphatic heterocycles. The first kappa shape index (κ1) is 12.4. The van der Waals surface area contributed by atoms with Crippen LogP contribution in [0.4, 0.5) is 16.0 Å². The molecule has 0 saturated heterocycles. The van der Waals surface area contributed by atoms with Gasteiger partial charge in [0.05, 0.1) is 17.5 Å². The lowest BCUT2D eigenvalue weighted by Crippen LogP contribution is -1.89. The van der Waals surface area contributed by atoms with E-state index in [4.69, 9.17) is 10.2 Å². The first-order chi connectivity index (χ1) is 8.56. The summed E-state index contributed by atoms with van der Waals surface area (Å²) in [6.07, 6.45) is 0. The van der Waals surface area contributed by atoms with Gasteiger partial charge >= 0.3 is 5.88 Å². The van der Waals surface area contributed by atoms with Crippen LogP contribution < -0.4 is 5.73 Å². The Hall–Kier alpha value is -2.02. The van der Waals surface area contributed by atoms with Crippen LogP contribution in [0.25, 0.3) is 0 Å². The second kappa shape index (κ2) is 5.09. The molecule has 0 atom stereocenters. The van der Waals surface area contributed by atoms with Crippen molar-refractivity contribution >= 4 is 23.3 Å². The van der Waals surface area contributed by atoms with Crippen molar-refractivity contribution < 1.29 is 13.7 Å². The highest BCUT2D eigenvalue weighted by atomic mass is 32.2. The Morgan fingerprint density at radius 3 is 2.78 bits per heavy atom. The van der Waals surface area contributed by atoms with Crippen molar-refractivity contribution in [3.05, 3.63) is 52.0 Å². The van der Waals surface area contributed by atoms with Gasteiger partial charge in [-0.1, -0.05) is 0 Å². The second-order valence-corrected chi connectivity index (χ2v) is 4.52. The SMILES string of the molecule is Nc1ccc(SCc2ccc([N+](=O)[O-])o2)cc1F. The molecule has 18 heavy (non-hydrogen) atoms. The lowest BCUT2D eigenvalue weighted by Gasteiger charge is -2.01. The summed E-state index contributed by atoms with van der Waals surface area (Å²) >= 11 is 1.31. The monoisotopic (exact) mass is 268 g/mol. The molecule has 2 aromatic rings. The number of hydrogen-bond donors (Lipinski definition) is 1. The highest BCUT2D eigenvalue weighted by Gasteiger charge is 2.12. The highest BCUT2D eigenvalue weighted by Crippen LogP contribution is 2.27. The van der Waals surface area contributed by atoms with Crippen LogP contribution in [0.15, 0.2) is 39.6 Å². The van der Waals surface area contributed by atoms with Crippen molar-refractivity contribution in [1.29, 1.82) is 0 Å². The van der Waals surface area contributed by atoms with E-state index in [1.165, 1.54) is 36.0 Å². The van der Waals surface area contributed by atoms with Crippen molar-refractivity contribution in [2.45, 2.75) is 10.6 Å². The van der Waals surface area contributed by atoms with Gasteiger partial charge in [0.2, 0.25) is 0 Å². The van der Waals surface area contributed by atoms with Crippen molar-refractivity contribution in [2.75, 3.05) is 5.73 Å². The third-order valence-electron chi connectivity index (χ3n) is 2.18. The molecule has 0 amide bonds. The Balaban J connectivity index is 2.02. The normalized spacial score (nSPS) is 10.5. The van der Waals surface area contributed by atoms with Crippen molar-refractivity contribution in [3.8, 4) is 0 Å². The number of benzene rings is 1. The maximum atomic E-state index is 13.2. The number of thioether (sulfide) groups is 1. The van der Waals surface area contributed by atoms with Crippen LogP contribution in [0.5, 0.6) is 0 Å². The van der Waals surface area contributed by atoms with E-state index in [0.29, 0.717) is 16.4 Å². The second-order valence-electron chi connectivity index (χ2n) is 3.47. The number of rotatable bonds is 4. The van der Waals surface area contributed by atoms with Gasteiger partial charge in [0.15, 0.2) is 0 Å². The van der Waals surface area contributed by atoms with E-state index in [2.05, 4.69) is 0 Å². The zero-order chi connectivity index (χ0) is 13.1. The van der Waals surface area contributed by atoms with E-state index in [-0.39, 0.29) is 11.6 Å². The van der Waals surface area contributed by atoms with Gasteiger partial charge < -0.3 is 10.2 Å². The number of nitro groups is 1. The summed E-state index contributed by atoms with van der Waals surface area (Å²) < 4.78 is 18.1. The van der Waals surface area contributed by atoms with Gasteiger partial charge in [0, 0.05) is 4.90 Å². The highest BCUT2D eigenvalue weighted by molar-refractivity contribution is 7.98. The standard InChI is InChI=1S/C11H9FN2O3S/c12-9-5-8(2-3-10(9)13)18-6-7-1-4-11(17-7)14(15)16/h1-5H,6,13H2. The van der Waals surface area contributed by atoms with Gasteiger partial charge in [-0.15, -0.1) is 11.8 Å². The molecule has 1 heterocycles. The molecule has 94 valence electrons. The van der Waals surface area contributed by atoms with Crippen molar-refractivity contribution in [1.82, 2.24) is 0 Å². The summed E-state index contributed by atoms with van der Waals surface area (Å²) in [5.41, 5.74) is 5.45. The first-order valence-electron chi connectivity index (χ1n) is 4.97. The molecule has 0 aliphatic carbocycles. The van der Waals surface area contributed by atoms with Crippen LogP contribution in [0.1, 0.15) is 5.76 Å². The van der Waals surface area contributed by atoms with Gasteiger partial charge in [-0.25, -0.2) is 4.39 Å². The Bertz CT molecular complexity index is 585. The van der Waals surface area contributed by atoms with Crippen molar-refractivity contribution in [3.63, 3.8) is 0 Å². The summed E-state index contributed by atoms with van der Waals surface area (Å²) in [5, 5.41) is 10.4. The molecule has 1 aromatic carbocycles. The van der Waals surface area contributed by atoms with Gasteiger partial charge in [0.1, 0.15) is 16.5 Å². The maximum Gasteiger partial charge on any atom is 0.433 e. The molecule has 0 aliphatic rings. The number of anilines is 1. The number of nitrogen functional groups attached to an aromatic ring is 1. The minimum atomic E-state index is -0.600. The van der Waals surface area contributed by atoms with Crippen LogP contribution in [-0.4, -0.2) is 4.92 Å². The molecule has 1 aromatic heterocycles. The molecular formula is C11H9FN2O3S. The van der Waals surface area contributed by atoms with Gasteiger partial charge in [-0.05, 0) is 24.3 Å². The summed E-state index contributed by atoms with van der Waals surface area (Å²) in [7, 11) is 0. The third-order valence-corrected chi connectivity index (χ3v) is 3.20. The smallest absolute Gasteiger partial charge is 0.405 e. The fraction of sp³-hybridized carbons (Fsp3) is 0.0909. The zero-order valence-corrected chi connectivity index (χ0v) is 9.95. The summed E-state index contributed by atoms with van der Waals surface area (Å²) in [4.78, 5) is 10.5. The average molecular weight is 268 g/mol. The quantitative estimate of drug-likeness (QED) is 0.398. The van der Waals surface area contributed by atoms with Crippen LogP contribution in [-0.2, 0) is 5.75 Å². The van der Waals surface area contributed by atoms with Gasteiger partial charge in [-0.3, -0.25) is 10.1 Å². The molecule has 0 spiro atoms. The van der Waals surface area contributed by atoms with Crippen LogP contribution in [0, 0.1) is 15.9 Å². The molecule has 5 nitrogen and oxygen atoms in total. The summed E-state index contributed by atoms with van der Waals surface area (Å²) in [5.74, 6) is 0.0699.